The van der Waals surface area contributed by atoms with Crippen LogP contribution in [0, 0.1) is 11.8 Å². The number of rotatable bonds is 11. The number of sulfonamides is 1. The Kier molecular flexibility index (Phi) is 10.2. The maximum absolute atomic E-state index is 12.7. The summed E-state index contributed by atoms with van der Waals surface area (Å²) < 4.78 is 69.7. The van der Waals surface area contributed by atoms with Gasteiger partial charge in [0.05, 0.1) is 17.1 Å². The molecule has 1 amide bonds. The molecule has 0 spiro atoms. The van der Waals surface area contributed by atoms with Crippen LogP contribution in [0.1, 0.15) is 44.1 Å². The molecule has 0 atom stereocenters. The molecule has 1 aromatic carbocycles. The van der Waals surface area contributed by atoms with Crippen LogP contribution in [-0.4, -0.2) is 88.5 Å². The molecule has 11 heteroatoms. The molecule has 1 aromatic rings. The Bertz CT molecular complexity index is 942. The number of carbonyl (C=O) groups is 1. The van der Waals surface area contributed by atoms with Crippen LogP contribution in [0.15, 0.2) is 29.2 Å². The molecular weight excluding hydrogens is 495 g/mol. The van der Waals surface area contributed by atoms with E-state index in [1.54, 1.807) is 11.9 Å². The quantitative estimate of drug-likeness (QED) is 0.406. The van der Waals surface area contributed by atoms with Crippen molar-refractivity contribution in [3.8, 4) is 0 Å². The van der Waals surface area contributed by atoms with E-state index < -0.39 is 21.8 Å². The van der Waals surface area contributed by atoms with Crippen molar-refractivity contribution in [1.82, 2.24) is 14.1 Å². The minimum Gasteiger partial charge on any atom is -0.370 e. The second-order valence-corrected chi connectivity index (χ2v) is 12.1. The van der Waals surface area contributed by atoms with Crippen molar-refractivity contribution in [3.05, 3.63) is 29.8 Å². The Balaban J connectivity index is 1.34. The minimum absolute atomic E-state index is 0.00243. The molecule has 204 valence electrons. The molecule has 0 N–H and O–H groups in total. The summed E-state index contributed by atoms with van der Waals surface area (Å²) in [4.78, 5) is 16.5. The van der Waals surface area contributed by atoms with Crippen LogP contribution in [0.3, 0.4) is 0 Å². The van der Waals surface area contributed by atoms with Crippen LogP contribution in [0.4, 0.5) is 13.2 Å². The third-order valence-corrected chi connectivity index (χ3v) is 9.18. The zero-order chi connectivity index (χ0) is 26.3. The Labute approximate surface area is 212 Å². The molecule has 1 aliphatic heterocycles. The van der Waals surface area contributed by atoms with E-state index in [-0.39, 0.29) is 30.6 Å². The number of alkyl halides is 3. The van der Waals surface area contributed by atoms with Crippen LogP contribution in [0.25, 0.3) is 0 Å². The molecule has 2 aliphatic rings. The highest BCUT2D eigenvalue weighted by Gasteiger charge is 2.31. The zero-order valence-electron chi connectivity index (χ0n) is 21.2. The SMILES string of the molecule is CN(CC1CCC(CN2CCCC2)CC1)C(=O)COCCN(C)S(=O)(=O)c1ccc(C(F)(F)F)cc1. The normalized spacial score (nSPS) is 21.7. The number of nitrogens with zero attached hydrogens (tertiary/aromatic N) is 3. The monoisotopic (exact) mass is 533 g/mol. The highest BCUT2D eigenvalue weighted by molar-refractivity contribution is 7.89. The average Bonchev–Trinajstić information content (AvgIpc) is 3.35. The van der Waals surface area contributed by atoms with Crippen molar-refractivity contribution >= 4 is 15.9 Å². The second-order valence-electron chi connectivity index (χ2n) is 10.1. The van der Waals surface area contributed by atoms with Crippen LogP contribution >= 0.6 is 0 Å². The molecule has 3 rings (SSSR count). The summed E-state index contributed by atoms with van der Waals surface area (Å²) in [6.45, 7) is 4.19. The number of halogens is 3. The Hall–Kier alpha value is -1.69. The van der Waals surface area contributed by atoms with Crippen molar-refractivity contribution in [2.24, 2.45) is 11.8 Å². The van der Waals surface area contributed by atoms with E-state index in [1.165, 1.54) is 52.4 Å². The first-order valence-electron chi connectivity index (χ1n) is 12.6. The lowest BCUT2D eigenvalue weighted by molar-refractivity contribution is -0.137. The first kappa shape index (κ1) is 28.9. The van der Waals surface area contributed by atoms with Gasteiger partial charge in [0, 0.05) is 33.7 Å². The van der Waals surface area contributed by atoms with E-state index >= 15 is 0 Å². The molecule has 0 unspecified atom stereocenters. The van der Waals surface area contributed by atoms with Gasteiger partial charge in [-0.25, -0.2) is 8.42 Å². The van der Waals surface area contributed by atoms with Crippen molar-refractivity contribution in [1.29, 1.82) is 0 Å². The van der Waals surface area contributed by atoms with Crippen molar-refractivity contribution in [2.75, 3.05) is 60.0 Å². The smallest absolute Gasteiger partial charge is 0.370 e. The fourth-order valence-electron chi connectivity index (χ4n) is 4.99. The van der Waals surface area contributed by atoms with Crippen LogP contribution in [0.2, 0.25) is 0 Å². The van der Waals surface area contributed by atoms with Gasteiger partial charge in [0.15, 0.2) is 0 Å². The molecule has 1 saturated heterocycles. The number of ether oxygens (including phenoxy) is 1. The van der Waals surface area contributed by atoms with Crippen LogP contribution in [0.5, 0.6) is 0 Å². The predicted molar refractivity (Wildman–Crippen MR) is 131 cm³/mol. The van der Waals surface area contributed by atoms with E-state index in [0.717, 1.165) is 47.3 Å². The van der Waals surface area contributed by atoms with Gasteiger partial charge in [0.25, 0.3) is 0 Å². The average molecular weight is 534 g/mol. The number of hydrogen-bond donors (Lipinski definition) is 0. The standard InChI is InChI=1S/C25H38F3N3O4S/c1-29(17-20-5-7-21(8-6-20)18-31-13-3-4-14-31)24(32)19-35-16-15-30(2)36(33,34)23-11-9-22(10-12-23)25(26,27)28/h9-12,20-21H,3-8,13-19H2,1-2H3. The Morgan fingerprint density at radius 1 is 1.03 bits per heavy atom. The van der Waals surface area contributed by atoms with Gasteiger partial charge in [0.2, 0.25) is 15.9 Å². The number of likely N-dealkylation sites (tertiary alicyclic amines) is 1. The van der Waals surface area contributed by atoms with Crippen molar-refractivity contribution in [3.63, 3.8) is 0 Å². The number of likely N-dealkylation sites (N-methyl/N-ethyl adjacent to an activating group) is 2. The lowest BCUT2D eigenvalue weighted by Gasteiger charge is -2.33. The second kappa shape index (κ2) is 12.7. The van der Waals surface area contributed by atoms with Gasteiger partial charge < -0.3 is 14.5 Å². The topological polar surface area (TPSA) is 70.2 Å². The number of hydrogen-bond acceptors (Lipinski definition) is 5. The largest absolute Gasteiger partial charge is 0.416 e. The van der Waals surface area contributed by atoms with Gasteiger partial charge in [0.1, 0.15) is 6.61 Å². The lowest BCUT2D eigenvalue weighted by atomic mass is 9.81. The molecule has 1 saturated carbocycles. The van der Waals surface area contributed by atoms with Gasteiger partial charge in [-0.15, -0.1) is 0 Å². The summed E-state index contributed by atoms with van der Waals surface area (Å²) in [5.41, 5.74) is -0.912. The third kappa shape index (κ3) is 8.16. The zero-order valence-corrected chi connectivity index (χ0v) is 22.0. The Morgan fingerprint density at radius 3 is 2.19 bits per heavy atom. The third-order valence-electron chi connectivity index (χ3n) is 7.31. The summed E-state index contributed by atoms with van der Waals surface area (Å²) in [5.74, 6) is 1.11. The van der Waals surface area contributed by atoms with E-state index in [9.17, 15) is 26.4 Å². The van der Waals surface area contributed by atoms with E-state index in [0.29, 0.717) is 12.5 Å². The molecule has 0 bridgehead atoms. The number of benzene rings is 1. The summed E-state index contributed by atoms with van der Waals surface area (Å²) in [6, 6.07) is 3.36. The van der Waals surface area contributed by atoms with Gasteiger partial charge >= 0.3 is 6.18 Å². The summed E-state index contributed by atoms with van der Waals surface area (Å²) >= 11 is 0. The maximum atomic E-state index is 12.7. The predicted octanol–water partition coefficient (Wildman–Crippen LogP) is 3.70. The van der Waals surface area contributed by atoms with Gasteiger partial charge in [-0.2, -0.15) is 17.5 Å². The fraction of sp³-hybridized carbons (Fsp3) is 0.720. The van der Waals surface area contributed by atoms with Gasteiger partial charge in [-0.1, -0.05) is 0 Å². The summed E-state index contributed by atoms with van der Waals surface area (Å²) in [5, 5.41) is 0. The molecule has 1 heterocycles. The maximum Gasteiger partial charge on any atom is 0.416 e. The lowest BCUT2D eigenvalue weighted by Crippen LogP contribution is -2.37. The molecular formula is C25H38F3N3O4S. The molecule has 1 aliphatic carbocycles. The van der Waals surface area contributed by atoms with Gasteiger partial charge in [-0.05, 0) is 87.7 Å². The fourth-order valence-corrected chi connectivity index (χ4v) is 6.15. The number of carbonyl (C=O) groups excluding carboxylic acids is 1. The molecule has 7 nitrogen and oxygen atoms in total. The number of amides is 1. The highest BCUT2D eigenvalue weighted by atomic mass is 32.2. The minimum atomic E-state index is -4.53. The highest BCUT2D eigenvalue weighted by Crippen LogP contribution is 2.31. The summed E-state index contributed by atoms with van der Waals surface area (Å²) in [6.07, 6.45) is 2.77. The van der Waals surface area contributed by atoms with E-state index in [4.69, 9.17) is 4.74 Å². The molecule has 0 radical (unpaired) electrons. The Morgan fingerprint density at radius 2 is 1.61 bits per heavy atom. The van der Waals surface area contributed by atoms with Crippen LogP contribution in [-0.2, 0) is 25.7 Å². The molecule has 2 fully saturated rings. The van der Waals surface area contributed by atoms with Crippen molar-refractivity contribution < 1.29 is 31.1 Å². The first-order valence-corrected chi connectivity index (χ1v) is 14.1. The van der Waals surface area contributed by atoms with Crippen LogP contribution < -0.4 is 0 Å². The van der Waals surface area contributed by atoms with E-state index in [2.05, 4.69) is 4.90 Å². The first-order chi connectivity index (χ1) is 17.0. The molecule has 36 heavy (non-hydrogen) atoms. The van der Waals surface area contributed by atoms with Gasteiger partial charge in [-0.3, -0.25) is 4.79 Å². The van der Waals surface area contributed by atoms with E-state index in [1.807, 2.05) is 0 Å². The molecule has 0 aromatic heterocycles. The van der Waals surface area contributed by atoms with Crippen molar-refractivity contribution in [2.45, 2.75) is 49.6 Å². The summed E-state index contributed by atoms with van der Waals surface area (Å²) in [7, 11) is -0.871.